The van der Waals surface area contributed by atoms with E-state index in [4.69, 9.17) is 9.47 Å². The van der Waals surface area contributed by atoms with Gasteiger partial charge in [-0.15, -0.1) is 0 Å². The van der Waals surface area contributed by atoms with Crippen LogP contribution in [0.4, 0.5) is 4.79 Å². The largest absolute Gasteiger partial charge is 0.467 e. The lowest BCUT2D eigenvalue weighted by Gasteiger charge is -2.38. The highest BCUT2D eigenvalue weighted by Crippen LogP contribution is 2.15. The average molecular weight is 346 g/mol. The lowest BCUT2D eigenvalue weighted by atomic mass is 10.1. The zero-order chi connectivity index (χ0) is 18.5. The van der Waals surface area contributed by atoms with E-state index < -0.39 is 29.4 Å². The van der Waals surface area contributed by atoms with Crippen molar-refractivity contribution in [3.63, 3.8) is 0 Å². The highest BCUT2D eigenvalue weighted by Gasteiger charge is 2.33. The second-order valence-corrected chi connectivity index (χ2v) is 7.45. The lowest BCUT2D eigenvalue weighted by molar-refractivity contribution is -0.161. The van der Waals surface area contributed by atoms with Gasteiger partial charge in [-0.3, -0.25) is 4.90 Å². The monoisotopic (exact) mass is 346 g/mol. The van der Waals surface area contributed by atoms with E-state index in [9.17, 15) is 14.7 Å². The molecule has 8 heteroatoms. The molecule has 1 N–H and O–H groups in total. The molecule has 1 fully saturated rings. The highest BCUT2D eigenvalue weighted by atomic mass is 16.6. The number of amides is 1. The van der Waals surface area contributed by atoms with E-state index in [-0.39, 0.29) is 6.54 Å². The van der Waals surface area contributed by atoms with E-state index in [1.807, 2.05) is 4.90 Å². The van der Waals surface area contributed by atoms with Crippen LogP contribution in [0, 0.1) is 0 Å². The molecule has 1 aliphatic heterocycles. The Labute approximate surface area is 143 Å². The fraction of sp³-hybridized carbons (Fsp3) is 0.875. The van der Waals surface area contributed by atoms with Crippen molar-refractivity contribution >= 4 is 12.1 Å². The van der Waals surface area contributed by atoms with Crippen LogP contribution in [0.15, 0.2) is 0 Å². The zero-order valence-electron chi connectivity index (χ0n) is 15.5. The van der Waals surface area contributed by atoms with Crippen LogP contribution in [0.1, 0.15) is 27.7 Å². The first-order valence-electron chi connectivity index (χ1n) is 8.02. The Bertz CT molecular complexity index is 446. The van der Waals surface area contributed by atoms with Gasteiger partial charge in [-0.2, -0.15) is 0 Å². The number of carbonyl (C=O) groups excluding carboxylic acids is 2. The van der Waals surface area contributed by atoms with Crippen molar-refractivity contribution in [2.45, 2.75) is 45.0 Å². The zero-order valence-corrected chi connectivity index (χ0v) is 15.5. The summed E-state index contributed by atoms with van der Waals surface area (Å²) in [5.74, 6) is -0.426. The summed E-state index contributed by atoms with van der Waals surface area (Å²) < 4.78 is 15.3. The number of rotatable bonds is 5. The molecule has 140 valence electrons. The molecular weight excluding hydrogens is 316 g/mol. The van der Waals surface area contributed by atoms with Crippen molar-refractivity contribution in [3.05, 3.63) is 0 Å². The number of ether oxygens (including phenoxy) is 3. The normalized spacial score (nSPS) is 21.7. The van der Waals surface area contributed by atoms with Gasteiger partial charge in [-0.25, -0.2) is 9.59 Å². The number of carbonyl (C=O) groups is 2. The van der Waals surface area contributed by atoms with Gasteiger partial charge in [0.25, 0.3) is 0 Å². The molecule has 0 aromatic heterocycles. The Morgan fingerprint density at radius 1 is 1.33 bits per heavy atom. The summed E-state index contributed by atoms with van der Waals surface area (Å²) in [7, 11) is 2.90. The minimum Gasteiger partial charge on any atom is -0.467 e. The minimum absolute atomic E-state index is 0.113. The summed E-state index contributed by atoms with van der Waals surface area (Å²) in [6.07, 6.45) is -1.14. The number of nitrogens with zero attached hydrogens (tertiary/aromatic N) is 2. The third kappa shape index (κ3) is 7.02. The quantitative estimate of drug-likeness (QED) is 0.724. The number of hydrogen-bond donors (Lipinski definition) is 1. The Hall–Kier alpha value is -1.38. The number of methoxy groups -OCH3 is 1. The van der Waals surface area contributed by atoms with Gasteiger partial charge < -0.3 is 24.2 Å². The Kier molecular flexibility index (Phi) is 7.00. The third-order valence-corrected chi connectivity index (χ3v) is 3.46. The molecule has 0 bridgehead atoms. The predicted octanol–water partition coefficient (Wildman–Crippen LogP) is 0.478. The van der Waals surface area contributed by atoms with Crippen molar-refractivity contribution < 1.29 is 28.9 Å². The summed E-state index contributed by atoms with van der Waals surface area (Å²) in [6.45, 7) is 8.76. The number of esters is 1. The Balaban J connectivity index is 2.56. The summed E-state index contributed by atoms with van der Waals surface area (Å²) in [5.41, 5.74) is -1.74. The van der Waals surface area contributed by atoms with E-state index in [1.165, 1.54) is 12.0 Å². The van der Waals surface area contributed by atoms with Crippen molar-refractivity contribution in [1.29, 1.82) is 0 Å². The number of morpholine rings is 1. The molecule has 0 unspecified atom stereocenters. The molecule has 2 atom stereocenters. The first-order valence-corrected chi connectivity index (χ1v) is 8.02. The van der Waals surface area contributed by atoms with Gasteiger partial charge in [0.2, 0.25) is 0 Å². The van der Waals surface area contributed by atoms with E-state index in [2.05, 4.69) is 4.74 Å². The van der Waals surface area contributed by atoms with Gasteiger partial charge in [-0.05, 0) is 27.7 Å². The van der Waals surface area contributed by atoms with Crippen LogP contribution >= 0.6 is 0 Å². The second-order valence-electron chi connectivity index (χ2n) is 7.45. The number of β-amino-alcohol motifs (C(OH)–C–C–N with tert-alkyl or cyclic N) is 1. The summed E-state index contributed by atoms with van der Waals surface area (Å²) in [6, 6.07) is 0. The maximum Gasteiger partial charge on any atom is 0.410 e. The van der Waals surface area contributed by atoms with Gasteiger partial charge in [0.1, 0.15) is 5.60 Å². The van der Waals surface area contributed by atoms with E-state index in [0.717, 1.165) is 0 Å². The highest BCUT2D eigenvalue weighted by molar-refractivity contribution is 5.74. The van der Waals surface area contributed by atoms with Crippen molar-refractivity contribution in [2.24, 2.45) is 0 Å². The van der Waals surface area contributed by atoms with Crippen LogP contribution in [0.5, 0.6) is 0 Å². The standard InChI is InChI=1S/C16H30N2O6/c1-15(2,3)24-14(20)17(5)10-16(4,21)11-18-7-8-23-12(9-18)13(19)22-6/h12,21H,7-11H2,1-6H3/t12-,16-/m1/s1. The van der Waals surface area contributed by atoms with E-state index in [0.29, 0.717) is 26.2 Å². The van der Waals surface area contributed by atoms with Gasteiger partial charge in [0, 0.05) is 26.7 Å². The smallest absolute Gasteiger partial charge is 0.410 e. The van der Waals surface area contributed by atoms with E-state index >= 15 is 0 Å². The van der Waals surface area contributed by atoms with Crippen molar-refractivity contribution in [3.8, 4) is 0 Å². The summed E-state index contributed by atoms with van der Waals surface area (Å²) in [4.78, 5) is 26.9. The third-order valence-electron chi connectivity index (χ3n) is 3.46. The Morgan fingerprint density at radius 2 is 1.96 bits per heavy atom. The van der Waals surface area contributed by atoms with Crippen LogP contribution in [0.25, 0.3) is 0 Å². The summed E-state index contributed by atoms with van der Waals surface area (Å²) >= 11 is 0. The molecule has 0 aliphatic carbocycles. The SMILES string of the molecule is COC(=O)[C@H]1CN(C[C@](C)(O)CN(C)C(=O)OC(C)(C)C)CCO1. The fourth-order valence-corrected chi connectivity index (χ4v) is 2.57. The molecule has 1 rings (SSSR count). The van der Waals surface area contributed by atoms with Crippen molar-refractivity contribution in [1.82, 2.24) is 9.80 Å². The van der Waals surface area contributed by atoms with Gasteiger partial charge in [0.05, 0.1) is 25.9 Å². The van der Waals surface area contributed by atoms with Gasteiger partial charge in [0.15, 0.2) is 6.10 Å². The molecule has 0 spiro atoms. The number of aliphatic hydroxyl groups is 1. The molecule has 0 aromatic carbocycles. The number of likely N-dealkylation sites (N-methyl/N-ethyl adjacent to an activating group) is 1. The summed E-state index contributed by atoms with van der Waals surface area (Å²) in [5, 5.41) is 10.6. The van der Waals surface area contributed by atoms with Crippen LogP contribution in [-0.2, 0) is 19.0 Å². The van der Waals surface area contributed by atoms with E-state index in [1.54, 1.807) is 34.7 Å². The topological polar surface area (TPSA) is 88.5 Å². The maximum absolute atomic E-state index is 12.0. The fourth-order valence-electron chi connectivity index (χ4n) is 2.57. The Morgan fingerprint density at radius 3 is 2.50 bits per heavy atom. The molecule has 8 nitrogen and oxygen atoms in total. The second kappa shape index (κ2) is 8.13. The molecule has 24 heavy (non-hydrogen) atoms. The van der Waals surface area contributed by atoms with Gasteiger partial charge in [-0.1, -0.05) is 0 Å². The van der Waals surface area contributed by atoms with Crippen molar-refractivity contribution in [2.75, 3.05) is 46.9 Å². The molecule has 1 heterocycles. The first-order chi connectivity index (χ1) is 10.9. The molecule has 1 aliphatic rings. The minimum atomic E-state index is -1.15. The first kappa shape index (κ1) is 20.7. The molecule has 1 amide bonds. The predicted molar refractivity (Wildman–Crippen MR) is 87.7 cm³/mol. The molecule has 0 aromatic rings. The lowest BCUT2D eigenvalue weighted by Crippen LogP contribution is -2.54. The van der Waals surface area contributed by atoms with Crippen LogP contribution in [0.3, 0.4) is 0 Å². The van der Waals surface area contributed by atoms with Gasteiger partial charge >= 0.3 is 12.1 Å². The average Bonchev–Trinajstić information content (AvgIpc) is 2.43. The molecule has 0 saturated carbocycles. The van der Waals surface area contributed by atoms with Crippen LogP contribution in [-0.4, -0.2) is 91.2 Å². The molecule has 0 radical (unpaired) electrons. The molecular formula is C16H30N2O6. The molecule has 1 saturated heterocycles. The number of hydrogen-bond acceptors (Lipinski definition) is 7. The maximum atomic E-state index is 12.0. The van der Waals surface area contributed by atoms with Crippen LogP contribution < -0.4 is 0 Å². The van der Waals surface area contributed by atoms with Crippen LogP contribution in [0.2, 0.25) is 0 Å².